The van der Waals surface area contributed by atoms with Crippen molar-refractivity contribution in [3.05, 3.63) is 60.4 Å². The zero-order valence-corrected chi connectivity index (χ0v) is 11.5. The topological polar surface area (TPSA) is 24.9 Å². The molecule has 2 aromatic rings. The van der Waals surface area contributed by atoms with Gasteiger partial charge in [0.2, 0.25) is 0 Å². The summed E-state index contributed by atoms with van der Waals surface area (Å²) in [4.78, 5) is 4.31. The summed E-state index contributed by atoms with van der Waals surface area (Å²) in [5, 5.41) is 3.22. The van der Waals surface area contributed by atoms with Crippen molar-refractivity contribution >= 4 is 6.08 Å². The van der Waals surface area contributed by atoms with Crippen molar-refractivity contribution in [2.45, 2.75) is 19.4 Å². The SMILES string of the molecule is CNC(C)CC=Cc1cncc(-c2ccccc2)c1. The molecule has 1 N–H and O–H groups in total. The van der Waals surface area contributed by atoms with E-state index in [1.807, 2.05) is 37.6 Å². The van der Waals surface area contributed by atoms with E-state index in [0.717, 1.165) is 17.5 Å². The first kappa shape index (κ1) is 13.5. The van der Waals surface area contributed by atoms with Gasteiger partial charge in [0.15, 0.2) is 0 Å². The first-order chi connectivity index (χ1) is 9.29. The van der Waals surface area contributed by atoms with Gasteiger partial charge in [-0.05, 0) is 37.6 Å². The van der Waals surface area contributed by atoms with E-state index in [2.05, 4.69) is 47.6 Å². The molecule has 19 heavy (non-hydrogen) atoms. The summed E-state index contributed by atoms with van der Waals surface area (Å²) in [6.45, 7) is 2.17. The first-order valence-corrected chi connectivity index (χ1v) is 6.64. The van der Waals surface area contributed by atoms with Gasteiger partial charge in [0.05, 0.1) is 0 Å². The van der Waals surface area contributed by atoms with Crippen LogP contribution in [0.25, 0.3) is 17.2 Å². The maximum atomic E-state index is 4.31. The summed E-state index contributed by atoms with van der Waals surface area (Å²) in [5.74, 6) is 0. The van der Waals surface area contributed by atoms with Crippen LogP contribution in [0.5, 0.6) is 0 Å². The van der Waals surface area contributed by atoms with Crippen molar-refractivity contribution in [1.82, 2.24) is 10.3 Å². The molecule has 0 saturated heterocycles. The standard InChI is InChI=1S/C17H20N2/c1-14(18-2)7-6-8-15-11-17(13-19-12-15)16-9-4-3-5-10-16/h3-6,8-14,18H,7H2,1-2H3. The molecule has 0 aliphatic heterocycles. The highest BCUT2D eigenvalue weighted by Gasteiger charge is 1.98. The van der Waals surface area contributed by atoms with Crippen molar-refractivity contribution in [3.8, 4) is 11.1 Å². The van der Waals surface area contributed by atoms with Crippen molar-refractivity contribution in [1.29, 1.82) is 0 Å². The lowest BCUT2D eigenvalue weighted by atomic mass is 10.1. The van der Waals surface area contributed by atoms with Crippen LogP contribution in [0.1, 0.15) is 18.9 Å². The minimum atomic E-state index is 0.501. The Labute approximate surface area is 115 Å². The molecule has 0 bridgehead atoms. The molecule has 1 aromatic heterocycles. The van der Waals surface area contributed by atoms with Crippen LogP contribution in [0, 0.1) is 0 Å². The molecule has 1 aromatic carbocycles. The van der Waals surface area contributed by atoms with Crippen LogP contribution >= 0.6 is 0 Å². The van der Waals surface area contributed by atoms with Gasteiger partial charge in [-0.25, -0.2) is 0 Å². The number of rotatable bonds is 5. The Kier molecular flexibility index (Phi) is 4.87. The maximum absolute atomic E-state index is 4.31. The third-order valence-corrected chi connectivity index (χ3v) is 3.16. The fourth-order valence-electron chi connectivity index (χ4n) is 1.86. The van der Waals surface area contributed by atoms with Gasteiger partial charge >= 0.3 is 0 Å². The van der Waals surface area contributed by atoms with Gasteiger partial charge in [-0.2, -0.15) is 0 Å². The van der Waals surface area contributed by atoms with E-state index >= 15 is 0 Å². The number of aromatic nitrogens is 1. The summed E-state index contributed by atoms with van der Waals surface area (Å²) in [6.07, 6.45) is 9.14. The highest BCUT2D eigenvalue weighted by atomic mass is 14.8. The van der Waals surface area contributed by atoms with Gasteiger partial charge in [0.25, 0.3) is 0 Å². The smallest absolute Gasteiger partial charge is 0.0346 e. The molecule has 2 rings (SSSR count). The first-order valence-electron chi connectivity index (χ1n) is 6.64. The number of nitrogens with zero attached hydrogens (tertiary/aromatic N) is 1. The van der Waals surface area contributed by atoms with Crippen LogP contribution in [-0.4, -0.2) is 18.1 Å². The highest BCUT2D eigenvalue weighted by molar-refractivity contribution is 5.65. The average molecular weight is 252 g/mol. The molecular formula is C17H20N2. The Balaban J connectivity index is 2.12. The number of nitrogens with one attached hydrogen (secondary N) is 1. The van der Waals surface area contributed by atoms with Crippen LogP contribution in [0.2, 0.25) is 0 Å². The molecule has 0 aliphatic rings. The molecule has 0 amide bonds. The number of pyridine rings is 1. The molecule has 2 heteroatoms. The van der Waals surface area contributed by atoms with Crippen molar-refractivity contribution < 1.29 is 0 Å². The second-order valence-corrected chi connectivity index (χ2v) is 4.70. The van der Waals surface area contributed by atoms with Gasteiger partial charge in [0, 0.05) is 24.0 Å². The minimum Gasteiger partial charge on any atom is -0.317 e. The van der Waals surface area contributed by atoms with E-state index < -0.39 is 0 Å². The molecule has 1 heterocycles. The Morgan fingerprint density at radius 2 is 1.95 bits per heavy atom. The fourth-order valence-corrected chi connectivity index (χ4v) is 1.86. The Hall–Kier alpha value is -1.93. The normalized spacial score (nSPS) is 12.7. The van der Waals surface area contributed by atoms with E-state index in [0.29, 0.717) is 6.04 Å². The summed E-state index contributed by atoms with van der Waals surface area (Å²) < 4.78 is 0. The van der Waals surface area contributed by atoms with Crippen molar-refractivity contribution in [2.24, 2.45) is 0 Å². The molecule has 2 nitrogen and oxygen atoms in total. The monoisotopic (exact) mass is 252 g/mol. The maximum Gasteiger partial charge on any atom is 0.0346 e. The molecule has 98 valence electrons. The zero-order chi connectivity index (χ0) is 13.5. The Bertz CT molecular complexity index is 532. The summed E-state index contributed by atoms with van der Waals surface area (Å²) in [6, 6.07) is 13.0. The molecule has 0 aliphatic carbocycles. The number of benzene rings is 1. The lowest BCUT2D eigenvalue weighted by Gasteiger charge is -2.05. The van der Waals surface area contributed by atoms with Crippen LogP contribution in [0.4, 0.5) is 0 Å². The van der Waals surface area contributed by atoms with E-state index in [4.69, 9.17) is 0 Å². The minimum absolute atomic E-state index is 0.501. The van der Waals surface area contributed by atoms with Crippen LogP contribution in [-0.2, 0) is 0 Å². The molecule has 0 saturated carbocycles. The summed E-state index contributed by atoms with van der Waals surface area (Å²) in [7, 11) is 1.98. The van der Waals surface area contributed by atoms with Crippen molar-refractivity contribution in [3.63, 3.8) is 0 Å². The summed E-state index contributed by atoms with van der Waals surface area (Å²) >= 11 is 0. The van der Waals surface area contributed by atoms with Crippen LogP contribution in [0.3, 0.4) is 0 Å². The Morgan fingerprint density at radius 3 is 2.68 bits per heavy atom. The van der Waals surface area contributed by atoms with E-state index in [1.165, 1.54) is 5.56 Å². The largest absolute Gasteiger partial charge is 0.317 e. The molecular weight excluding hydrogens is 232 g/mol. The highest BCUT2D eigenvalue weighted by Crippen LogP contribution is 2.19. The Morgan fingerprint density at radius 1 is 1.16 bits per heavy atom. The van der Waals surface area contributed by atoms with Gasteiger partial charge in [-0.15, -0.1) is 0 Å². The lowest BCUT2D eigenvalue weighted by molar-refractivity contribution is 0.621. The molecule has 0 spiro atoms. The predicted molar refractivity (Wildman–Crippen MR) is 81.8 cm³/mol. The fraction of sp³-hybridized carbons (Fsp3) is 0.235. The average Bonchev–Trinajstić information content (AvgIpc) is 2.48. The van der Waals surface area contributed by atoms with E-state index in [-0.39, 0.29) is 0 Å². The number of hydrogen-bond acceptors (Lipinski definition) is 2. The number of hydrogen-bond donors (Lipinski definition) is 1. The second-order valence-electron chi connectivity index (χ2n) is 4.70. The third kappa shape index (κ3) is 4.04. The lowest BCUT2D eigenvalue weighted by Crippen LogP contribution is -2.19. The van der Waals surface area contributed by atoms with E-state index in [1.54, 1.807) is 0 Å². The van der Waals surface area contributed by atoms with Crippen LogP contribution in [0.15, 0.2) is 54.9 Å². The summed E-state index contributed by atoms with van der Waals surface area (Å²) in [5.41, 5.74) is 3.50. The quantitative estimate of drug-likeness (QED) is 0.876. The van der Waals surface area contributed by atoms with Gasteiger partial charge in [-0.1, -0.05) is 42.5 Å². The third-order valence-electron chi connectivity index (χ3n) is 3.16. The molecule has 0 radical (unpaired) electrons. The second kappa shape index (κ2) is 6.86. The zero-order valence-electron chi connectivity index (χ0n) is 11.5. The van der Waals surface area contributed by atoms with Crippen LogP contribution < -0.4 is 5.32 Å². The molecule has 1 atom stereocenters. The molecule has 1 unspecified atom stereocenters. The predicted octanol–water partition coefficient (Wildman–Crippen LogP) is 3.76. The molecule has 0 fully saturated rings. The van der Waals surface area contributed by atoms with Gasteiger partial charge in [-0.3, -0.25) is 4.98 Å². The van der Waals surface area contributed by atoms with E-state index in [9.17, 15) is 0 Å². The van der Waals surface area contributed by atoms with Crippen molar-refractivity contribution in [2.75, 3.05) is 7.05 Å². The van der Waals surface area contributed by atoms with Gasteiger partial charge < -0.3 is 5.32 Å². The van der Waals surface area contributed by atoms with Gasteiger partial charge in [0.1, 0.15) is 0 Å².